The third kappa shape index (κ3) is 8.96. The van der Waals surface area contributed by atoms with Crippen molar-refractivity contribution >= 4 is 44.6 Å². The van der Waals surface area contributed by atoms with E-state index in [2.05, 4.69) is 20.3 Å². The molecule has 0 radical (unpaired) electrons. The number of aromatic nitrogens is 1. The first-order valence-electron chi connectivity index (χ1n) is 20.2. The van der Waals surface area contributed by atoms with Crippen molar-refractivity contribution in [2.75, 3.05) is 20.8 Å². The minimum atomic E-state index is -4.92. The molecule has 15 nitrogen and oxygen atoms in total. The van der Waals surface area contributed by atoms with Crippen LogP contribution in [-0.4, -0.2) is 103 Å². The maximum absolute atomic E-state index is 14.9. The molecule has 1 saturated heterocycles. The van der Waals surface area contributed by atoms with Crippen molar-refractivity contribution in [2.24, 2.45) is 17.8 Å². The van der Waals surface area contributed by atoms with E-state index in [0.717, 1.165) is 0 Å². The van der Waals surface area contributed by atoms with Crippen LogP contribution >= 0.6 is 0 Å². The number of fused-ring (bicyclic) bond motifs is 3. The normalized spacial score (nSPS) is 28.3. The van der Waals surface area contributed by atoms with Gasteiger partial charge < -0.3 is 34.5 Å². The highest BCUT2D eigenvalue weighted by Gasteiger charge is 2.63. The monoisotopic (exact) mass is 865 g/mol. The summed E-state index contributed by atoms with van der Waals surface area (Å²) in [6.07, 6.45) is 0.373. The third-order valence-electron chi connectivity index (χ3n) is 12.4. The molecular formula is C41H54F3N5O10S. The molecule has 7 unspecified atom stereocenters. The number of allylic oxidation sites excluding steroid dienone is 1. The highest BCUT2D eigenvalue weighted by atomic mass is 32.2. The Morgan fingerprint density at radius 1 is 1.08 bits per heavy atom. The number of alkyl carbamates (subject to hydrolysis) is 1. The van der Waals surface area contributed by atoms with E-state index in [4.69, 9.17) is 18.9 Å². The Morgan fingerprint density at radius 3 is 2.43 bits per heavy atom. The zero-order valence-corrected chi connectivity index (χ0v) is 35.6. The molecule has 2 aliphatic carbocycles. The van der Waals surface area contributed by atoms with E-state index in [1.807, 2.05) is 13.0 Å². The molecule has 7 atom stereocenters. The minimum Gasteiger partial charge on any atom is -0.497 e. The van der Waals surface area contributed by atoms with Crippen molar-refractivity contribution in [3.63, 3.8) is 0 Å². The summed E-state index contributed by atoms with van der Waals surface area (Å²) in [6.45, 7) is 6.44. The van der Waals surface area contributed by atoms with Crippen LogP contribution in [0.4, 0.5) is 18.0 Å². The summed E-state index contributed by atoms with van der Waals surface area (Å²) in [5, 5.41) is 6.36. The second kappa shape index (κ2) is 16.6. The van der Waals surface area contributed by atoms with Gasteiger partial charge in [0.15, 0.2) is 0 Å². The van der Waals surface area contributed by atoms with Crippen molar-refractivity contribution in [2.45, 2.75) is 126 Å². The molecule has 60 heavy (non-hydrogen) atoms. The number of rotatable bonds is 10. The molecule has 2 aromatic rings. The molecule has 3 fully saturated rings. The lowest BCUT2D eigenvalue weighted by molar-refractivity contribution is -0.244. The van der Waals surface area contributed by atoms with Gasteiger partial charge in [-0.2, -0.15) is 13.2 Å². The highest BCUT2D eigenvalue weighted by Crippen LogP contribution is 2.48. The number of alkyl halides is 3. The molecule has 4 amide bonds. The van der Waals surface area contributed by atoms with Crippen LogP contribution in [0.2, 0.25) is 0 Å². The van der Waals surface area contributed by atoms with Gasteiger partial charge in [0.2, 0.25) is 33.3 Å². The van der Waals surface area contributed by atoms with Crippen LogP contribution in [0.15, 0.2) is 36.5 Å². The molecule has 0 bridgehead atoms. The maximum Gasteiger partial charge on any atom is 0.427 e. The summed E-state index contributed by atoms with van der Waals surface area (Å²) in [4.78, 5) is 62.4. The Balaban J connectivity index is 1.38. The summed E-state index contributed by atoms with van der Waals surface area (Å²) in [5.74, 6) is -2.56. The second-order valence-electron chi connectivity index (χ2n) is 17.2. The van der Waals surface area contributed by atoms with Crippen molar-refractivity contribution in [1.29, 1.82) is 0 Å². The number of sulfonamides is 1. The van der Waals surface area contributed by atoms with Gasteiger partial charge in [0.05, 0.1) is 31.7 Å². The van der Waals surface area contributed by atoms with Crippen LogP contribution in [-0.2, 0) is 29.1 Å². The molecule has 4 aliphatic rings. The molecule has 3 N–H and O–H groups in total. The molecule has 2 saturated carbocycles. The third-order valence-corrected chi connectivity index (χ3v) is 14.6. The van der Waals surface area contributed by atoms with Crippen LogP contribution in [0.25, 0.3) is 10.8 Å². The number of amides is 4. The van der Waals surface area contributed by atoms with Gasteiger partial charge in [-0.05, 0) is 89.3 Å². The fourth-order valence-electron chi connectivity index (χ4n) is 7.97. The Bertz CT molecular complexity index is 2150. The quantitative estimate of drug-likeness (QED) is 0.262. The number of ether oxygens (including phenoxy) is 4. The highest BCUT2D eigenvalue weighted by molar-refractivity contribution is 7.91. The fourth-order valence-corrected chi connectivity index (χ4v) is 9.28. The number of hydrogen-bond donors (Lipinski definition) is 3. The van der Waals surface area contributed by atoms with Crippen molar-refractivity contribution in [1.82, 2.24) is 25.2 Å². The smallest absolute Gasteiger partial charge is 0.427 e. The van der Waals surface area contributed by atoms with E-state index < -0.39 is 85.9 Å². The summed E-state index contributed by atoms with van der Waals surface area (Å²) in [5.41, 5.74) is -4.55. The van der Waals surface area contributed by atoms with E-state index in [9.17, 15) is 40.8 Å². The lowest BCUT2D eigenvalue weighted by Crippen LogP contribution is -2.60. The van der Waals surface area contributed by atoms with Gasteiger partial charge in [-0.1, -0.05) is 32.4 Å². The number of nitrogens with one attached hydrogen (secondary N) is 3. The summed E-state index contributed by atoms with van der Waals surface area (Å²) < 4.78 is 91.2. The Kier molecular flexibility index (Phi) is 12.4. The van der Waals surface area contributed by atoms with Gasteiger partial charge in [0, 0.05) is 23.1 Å². The first kappa shape index (κ1) is 44.7. The lowest BCUT2D eigenvalue weighted by Gasteiger charge is -2.35. The molecular weight excluding hydrogens is 812 g/mol. The average molecular weight is 866 g/mol. The average Bonchev–Trinajstić information content (AvgIpc) is 4.06. The van der Waals surface area contributed by atoms with E-state index in [-0.39, 0.29) is 31.2 Å². The lowest BCUT2D eigenvalue weighted by atomic mass is 9.85. The van der Waals surface area contributed by atoms with E-state index in [0.29, 0.717) is 74.6 Å². The summed E-state index contributed by atoms with van der Waals surface area (Å²) in [7, 11) is -1.10. The fraction of sp³-hybridized carbons (Fsp3) is 0.634. The van der Waals surface area contributed by atoms with Gasteiger partial charge in [-0.25, -0.2) is 18.2 Å². The van der Waals surface area contributed by atoms with E-state index in [1.54, 1.807) is 31.2 Å². The minimum absolute atomic E-state index is 0.0422. The molecule has 0 spiro atoms. The number of nitrogens with zero attached hydrogens (tertiary/aromatic N) is 2. The first-order chi connectivity index (χ1) is 28.1. The van der Waals surface area contributed by atoms with Crippen LogP contribution < -0.4 is 29.6 Å². The van der Waals surface area contributed by atoms with Crippen LogP contribution in [0.3, 0.4) is 0 Å². The zero-order valence-electron chi connectivity index (χ0n) is 34.8. The predicted octanol–water partition coefficient (Wildman–Crippen LogP) is 5.31. The molecule has 19 heteroatoms. The SMILES string of the molecule is CCC1CC(C)CCC=CC2CC2(C(=O)NS(=O)(=O)C2(C)CC2)NC(=O)C2CC(Oc3ncc(OC)c4cc(OC)ccc34)CN2C(=O)C1NC(=O)OC(C)(C)C(F)(F)F. The Labute approximate surface area is 347 Å². The zero-order chi connectivity index (χ0) is 44.0. The van der Waals surface area contributed by atoms with E-state index >= 15 is 0 Å². The maximum atomic E-state index is 14.9. The molecule has 1 aromatic carbocycles. The van der Waals surface area contributed by atoms with Gasteiger partial charge in [-0.3, -0.25) is 19.1 Å². The van der Waals surface area contributed by atoms with Gasteiger partial charge in [0.1, 0.15) is 35.2 Å². The number of pyridine rings is 1. The van der Waals surface area contributed by atoms with Gasteiger partial charge in [0.25, 0.3) is 5.91 Å². The molecule has 330 valence electrons. The molecule has 6 rings (SSSR count). The van der Waals surface area contributed by atoms with Crippen molar-refractivity contribution in [3.8, 4) is 17.4 Å². The number of benzene rings is 1. The van der Waals surface area contributed by atoms with E-state index in [1.165, 1.54) is 32.2 Å². The summed E-state index contributed by atoms with van der Waals surface area (Å²) in [6, 6.07) is 2.36. The van der Waals surface area contributed by atoms with Gasteiger partial charge >= 0.3 is 12.3 Å². The Hall–Kier alpha value is -4.81. The van der Waals surface area contributed by atoms with Crippen LogP contribution in [0.5, 0.6) is 17.4 Å². The number of carbonyl (C=O) groups is 4. The first-order valence-corrected chi connectivity index (χ1v) is 21.7. The number of carbonyl (C=O) groups excluding carboxylic acids is 4. The van der Waals surface area contributed by atoms with Crippen molar-refractivity contribution < 1.29 is 59.7 Å². The number of methoxy groups -OCH3 is 2. The molecule has 1 aromatic heterocycles. The topological polar surface area (TPSA) is 192 Å². The largest absolute Gasteiger partial charge is 0.497 e. The molecule has 3 heterocycles. The Morgan fingerprint density at radius 2 is 1.80 bits per heavy atom. The summed E-state index contributed by atoms with van der Waals surface area (Å²) >= 11 is 0. The van der Waals surface area contributed by atoms with Crippen molar-refractivity contribution in [3.05, 3.63) is 36.5 Å². The van der Waals surface area contributed by atoms with Crippen LogP contribution in [0, 0.1) is 17.8 Å². The molecule has 2 aliphatic heterocycles. The number of halogens is 3. The second-order valence-corrected chi connectivity index (χ2v) is 19.4. The van der Waals surface area contributed by atoms with Gasteiger partial charge in [-0.15, -0.1) is 0 Å². The standard InChI is InChI=1S/C41H54F3N5O10S/c1-8-24-17-23(2)11-9-10-12-25-20-40(25,36(52)48-60(54,55)39(5)15-16-39)47-33(50)30-19-27(58-34-28-14-13-26(56-6)18-29(28)31(57-7)21-45-34)22-49(30)35(51)32(24)46-37(53)59-38(3,4)41(42,43)44/h10,12-14,18,21,23-25,27,30,32H,8-9,11,15-17,19-20,22H2,1-7H3,(H,46,53)(H,47,50)(H,48,52). The number of hydrogen-bond acceptors (Lipinski definition) is 11. The van der Waals surface area contributed by atoms with Crippen LogP contribution in [0.1, 0.15) is 86.0 Å². The predicted molar refractivity (Wildman–Crippen MR) is 213 cm³/mol.